The SMILES string of the molecule is CCOC(C)Oc1snc(OC(F)F)c1C#N. The summed E-state index contributed by atoms with van der Waals surface area (Å²) in [4.78, 5) is 0. The van der Waals surface area contributed by atoms with Crippen LogP contribution in [0.25, 0.3) is 0 Å². The number of hydrogen-bond donors (Lipinski definition) is 0. The Morgan fingerprint density at radius 1 is 1.47 bits per heavy atom. The number of nitrogens with zero attached hydrogens (tertiary/aromatic N) is 2. The molecule has 1 aromatic heterocycles. The van der Waals surface area contributed by atoms with Gasteiger partial charge in [0.15, 0.2) is 11.9 Å². The first kappa shape index (κ1) is 13.6. The van der Waals surface area contributed by atoms with Crippen molar-refractivity contribution in [2.45, 2.75) is 26.7 Å². The molecule has 0 spiro atoms. The minimum atomic E-state index is -3.03. The van der Waals surface area contributed by atoms with Gasteiger partial charge in [-0.3, -0.25) is 0 Å². The fraction of sp³-hybridized carbons (Fsp3) is 0.556. The molecule has 17 heavy (non-hydrogen) atoms. The molecule has 5 nitrogen and oxygen atoms in total. The summed E-state index contributed by atoms with van der Waals surface area (Å²) in [5.74, 6) is -0.425. The number of rotatable bonds is 6. The summed E-state index contributed by atoms with van der Waals surface area (Å²) in [7, 11) is 0. The molecule has 0 saturated carbocycles. The average Bonchev–Trinajstić information content (AvgIpc) is 2.59. The van der Waals surface area contributed by atoms with E-state index in [2.05, 4.69) is 9.11 Å². The summed E-state index contributed by atoms with van der Waals surface area (Å²) in [5, 5.41) is 8.92. The van der Waals surface area contributed by atoms with Crippen molar-refractivity contribution in [3.63, 3.8) is 0 Å². The quantitative estimate of drug-likeness (QED) is 0.738. The molecular formula is C9H10F2N2O3S. The Labute approximate surface area is 101 Å². The highest BCUT2D eigenvalue weighted by Crippen LogP contribution is 2.33. The summed E-state index contributed by atoms with van der Waals surface area (Å²) in [6.45, 7) is 0.810. The molecule has 0 saturated heterocycles. The molecule has 0 amide bonds. The molecular weight excluding hydrogens is 254 g/mol. The highest BCUT2D eigenvalue weighted by atomic mass is 32.1. The van der Waals surface area contributed by atoms with Gasteiger partial charge in [-0.2, -0.15) is 18.4 Å². The van der Waals surface area contributed by atoms with Gasteiger partial charge in [0.25, 0.3) is 5.88 Å². The topological polar surface area (TPSA) is 64.4 Å². The maximum absolute atomic E-state index is 12.0. The minimum Gasteiger partial charge on any atom is -0.453 e. The number of hydrogen-bond acceptors (Lipinski definition) is 6. The molecule has 8 heteroatoms. The highest BCUT2D eigenvalue weighted by molar-refractivity contribution is 7.08. The van der Waals surface area contributed by atoms with Crippen LogP contribution < -0.4 is 9.47 Å². The van der Waals surface area contributed by atoms with Gasteiger partial charge in [0.2, 0.25) is 5.06 Å². The second kappa shape index (κ2) is 6.32. The normalized spacial score (nSPS) is 12.2. The first-order chi connectivity index (χ1) is 8.08. The fourth-order valence-electron chi connectivity index (χ4n) is 1.02. The predicted octanol–water partition coefficient (Wildman–Crippen LogP) is 2.38. The van der Waals surface area contributed by atoms with Gasteiger partial charge in [0, 0.05) is 18.1 Å². The van der Waals surface area contributed by atoms with Gasteiger partial charge >= 0.3 is 6.61 Å². The Hall–Kier alpha value is -1.46. The van der Waals surface area contributed by atoms with Crippen molar-refractivity contribution in [1.82, 2.24) is 4.37 Å². The first-order valence-electron chi connectivity index (χ1n) is 4.71. The molecule has 1 atom stereocenters. The van der Waals surface area contributed by atoms with Gasteiger partial charge in [-0.1, -0.05) is 0 Å². The largest absolute Gasteiger partial charge is 0.453 e. The van der Waals surface area contributed by atoms with Crippen LogP contribution >= 0.6 is 11.5 Å². The van der Waals surface area contributed by atoms with Crippen LogP contribution in [0.15, 0.2) is 0 Å². The van der Waals surface area contributed by atoms with Crippen LogP contribution in [0, 0.1) is 11.3 Å². The van der Waals surface area contributed by atoms with E-state index in [1.807, 2.05) is 0 Å². The third-order valence-electron chi connectivity index (χ3n) is 1.62. The van der Waals surface area contributed by atoms with Crippen LogP contribution in [0.4, 0.5) is 8.78 Å². The van der Waals surface area contributed by atoms with E-state index in [0.29, 0.717) is 6.61 Å². The van der Waals surface area contributed by atoms with Gasteiger partial charge in [-0.05, 0) is 13.8 Å². The van der Waals surface area contributed by atoms with Crippen LogP contribution in [0.1, 0.15) is 19.4 Å². The number of ether oxygens (including phenoxy) is 3. The smallest absolute Gasteiger partial charge is 0.388 e. The van der Waals surface area contributed by atoms with Gasteiger partial charge in [-0.25, -0.2) is 0 Å². The van der Waals surface area contributed by atoms with Crippen molar-refractivity contribution in [2.75, 3.05) is 6.61 Å². The monoisotopic (exact) mass is 264 g/mol. The molecule has 0 aliphatic heterocycles. The lowest BCUT2D eigenvalue weighted by atomic mass is 10.4. The molecule has 1 unspecified atom stereocenters. The Balaban J connectivity index is 2.80. The van der Waals surface area contributed by atoms with E-state index in [9.17, 15) is 8.78 Å². The number of halogens is 2. The van der Waals surface area contributed by atoms with Crippen molar-refractivity contribution in [3.05, 3.63) is 5.56 Å². The van der Waals surface area contributed by atoms with Crippen LogP contribution in [-0.2, 0) is 4.74 Å². The zero-order valence-electron chi connectivity index (χ0n) is 9.15. The molecule has 0 radical (unpaired) electrons. The molecule has 0 aliphatic carbocycles. The molecule has 94 valence electrons. The Morgan fingerprint density at radius 3 is 2.71 bits per heavy atom. The zero-order chi connectivity index (χ0) is 12.8. The van der Waals surface area contributed by atoms with Gasteiger partial charge in [0.1, 0.15) is 6.07 Å². The lowest BCUT2D eigenvalue weighted by Crippen LogP contribution is -2.15. The number of alkyl halides is 2. The zero-order valence-corrected chi connectivity index (χ0v) is 9.96. The summed E-state index contributed by atoms with van der Waals surface area (Å²) >= 11 is 0.764. The maximum Gasteiger partial charge on any atom is 0.388 e. The molecule has 0 aliphatic rings. The van der Waals surface area contributed by atoms with Gasteiger partial charge in [-0.15, -0.1) is 0 Å². The van der Waals surface area contributed by atoms with E-state index in [-0.39, 0.29) is 10.6 Å². The Kier molecular flexibility index (Phi) is 5.06. The summed E-state index contributed by atoms with van der Waals surface area (Å²) in [6, 6.07) is 1.71. The molecule has 0 fully saturated rings. The molecule has 1 rings (SSSR count). The van der Waals surface area contributed by atoms with E-state index in [1.54, 1.807) is 19.9 Å². The van der Waals surface area contributed by atoms with Crippen molar-refractivity contribution in [3.8, 4) is 17.0 Å². The fourth-order valence-corrected chi connectivity index (χ4v) is 1.72. The maximum atomic E-state index is 12.0. The van der Waals surface area contributed by atoms with Gasteiger partial charge < -0.3 is 14.2 Å². The van der Waals surface area contributed by atoms with Crippen molar-refractivity contribution in [1.29, 1.82) is 5.26 Å². The predicted molar refractivity (Wildman–Crippen MR) is 55.2 cm³/mol. The van der Waals surface area contributed by atoms with E-state index in [4.69, 9.17) is 14.7 Å². The first-order valence-corrected chi connectivity index (χ1v) is 5.48. The third kappa shape index (κ3) is 3.80. The molecule has 1 aromatic rings. The molecule has 0 aromatic carbocycles. The van der Waals surface area contributed by atoms with Gasteiger partial charge in [0.05, 0.1) is 0 Å². The Bertz CT molecular complexity index is 405. The van der Waals surface area contributed by atoms with Crippen molar-refractivity contribution < 1.29 is 23.0 Å². The molecule has 1 heterocycles. The summed E-state index contributed by atoms with van der Waals surface area (Å²) in [5.41, 5.74) is -0.151. The standard InChI is InChI=1S/C9H10F2N2O3S/c1-3-14-5(2)15-8-6(4-12)7(13-17-8)16-9(10)11/h5,9H,3H2,1-2H3. The Morgan fingerprint density at radius 2 is 2.18 bits per heavy atom. The average molecular weight is 264 g/mol. The van der Waals surface area contributed by atoms with Crippen molar-refractivity contribution >= 4 is 11.5 Å². The lowest BCUT2D eigenvalue weighted by Gasteiger charge is -2.12. The third-order valence-corrected chi connectivity index (χ3v) is 2.34. The second-order valence-electron chi connectivity index (χ2n) is 2.78. The summed E-state index contributed by atoms with van der Waals surface area (Å²) < 4.78 is 42.0. The van der Waals surface area contributed by atoms with E-state index in [0.717, 1.165) is 11.5 Å². The van der Waals surface area contributed by atoms with Crippen molar-refractivity contribution in [2.24, 2.45) is 0 Å². The van der Waals surface area contributed by atoms with E-state index < -0.39 is 18.8 Å². The minimum absolute atomic E-state index is 0.101. The van der Waals surface area contributed by atoms with Crippen LogP contribution in [-0.4, -0.2) is 23.9 Å². The molecule has 0 bridgehead atoms. The van der Waals surface area contributed by atoms with Crippen LogP contribution in [0.2, 0.25) is 0 Å². The second-order valence-corrected chi connectivity index (χ2v) is 3.52. The van der Waals surface area contributed by atoms with E-state index in [1.165, 1.54) is 0 Å². The lowest BCUT2D eigenvalue weighted by molar-refractivity contribution is -0.0605. The molecule has 0 N–H and O–H groups in total. The van der Waals surface area contributed by atoms with Crippen LogP contribution in [0.5, 0.6) is 10.9 Å². The van der Waals surface area contributed by atoms with Crippen LogP contribution in [0.3, 0.4) is 0 Å². The summed E-state index contributed by atoms with van der Waals surface area (Å²) in [6.07, 6.45) is -0.591. The number of nitriles is 1. The van der Waals surface area contributed by atoms with E-state index >= 15 is 0 Å². The number of aromatic nitrogens is 1. The highest BCUT2D eigenvalue weighted by Gasteiger charge is 2.20.